The highest BCUT2D eigenvalue weighted by Gasteiger charge is 2.12. The molecule has 0 rings (SSSR count). The second-order valence-electron chi connectivity index (χ2n) is 10.7. The van der Waals surface area contributed by atoms with Crippen LogP contribution in [0.15, 0.2) is 12.2 Å². The first-order chi connectivity index (χ1) is 17.1. The maximum atomic E-state index is 11.9. The Morgan fingerprint density at radius 2 is 1.11 bits per heavy atom. The lowest BCUT2D eigenvalue weighted by Gasteiger charge is -2.16. The molecule has 0 amide bonds. The number of carbonyl (C=O) groups excluding carboxylic acids is 1. The van der Waals surface area contributed by atoms with Gasteiger partial charge in [0.05, 0.1) is 6.10 Å². The minimum atomic E-state index is -0.0839. The van der Waals surface area contributed by atoms with Gasteiger partial charge in [0.1, 0.15) is 6.10 Å². The third-order valence-corrected chi connectivity index (χ3v) is 7.00. The van der Waals surface area contributed by atoms with Crippen LogP contribution in [0.1, 0.15) is 175 Å². The minimum Gasteiger partial charge on any atom is -0.462 e. The van der Waals surface area contributed by atoms with Gasteiger partial charge in [0.25, 0.3) is 0 Å². The summed E-state index contributed by atoms with van der Waals surface area (Å²) in [6, 6.07) is 0. The molecule has 3 nitrogen and oxygen atoms in total. The largest absolute Gasteiger partial charge is 0.462 e. The molecule has 208 valence electrons. The summed E-state index contributed by atoms with van der Waals surface area (Å²) in [6.07, 6.45) is 32.6. The van der Waals surface area contributed by atoms with E-state index < -0.39 is 0 Å². The summed E-state index contributed by atoms with van der Waals surface area (Å²) in [6.45, 7) is 6.52. The molecular weight excluding hydrogens is 432 g/mol. The maximum absolute atomic E-state index is 11.9. The summed E-state index contributed by atoms with van der Waals surface area (Å²) >= 11 is 0. The summed E-state index contributed by atoms with van der Waals surface area (Å²) < 4.78 is 5.71. The zero-order chi connectivity index (χ0) is 25.8. The van der Waals surface area contributed by atoms with Crippen LogP contribution in [0.25, 0.3) is 0 Å². The van der Waals surface area contributed by atoms with Gasteiger partial charge in [-0.05, 0) is 44.9 Å². The molecule has 0 aliphatic heterocycles. The van der Waals surface area contributed by atoms with Crippen LogP contribution in [-0.4, -0.2) is 23.3 Å². The van der Waals surface area contributed by atoms with E-state index in [0.29, 0.717) is 6.42 Å². The molecule has 35 heavy (non-hydrogen) atoms. The minimum absolute atomic E-state index is 0.0377. The highest BCUT2D eigenvalue weighted by Crippen LogP contribution is 2.16. The molecule has 0 aliphatic rings. The van der Waals surface area contributed by atoms with Gasteiger partial charge in [-0.3, -0.25) is 4.79 Å². The lowest BCUT2D eigenvalue weighted by atomic mass is 10.0. The van der Waals surface area contributed by atoms with Crippen LogP contribution >= 0.6 is 0 Å². The van der Waals surface area contributed by atoms with Crippen molar-refractivity contribution < 1.29 is 14.6 Å². The van der Waals surface area contributed by atoms with Gasteiger partial charge in [-0.15, -0.1) is 0 Å². The highest BCUT2D eigenvalue weighted by molar-refractivity contribution is 5.69. The number of carbonyl (C=O) groups is 1. The van der Waals surface area contributed by atoms with Gasteiger partial charge < -0.3 is 9.84 Å². The maximum Gasteiger partial charge on any atom is 0.306 e. The van der Waals surface area contributed by atoms with E-state index in [4.69, 9.17) is 4.74 Å². The van der Waals surface area contributed by atoms with Gasteiger partial charge in [0, 0.05) is 12.8 Å². The van der Waals surface area contributed by atoms with Crippen molar-refractivity contribution in [2.24, 2.45) is 0 Å². The Bertz CT molecular complexity index is 460. The number of ether oxygens (including phenoxy) is 1. The molecule has 0 saturated carbocycles. The van der Waals surface area contributed by atoms with Gasteiger partial charge in [-0.1, -0.05) is 129 Å². The molecule has 0 fully saturated rings. The molecule has 2 atom stereocenters. The van der Waals surface area contributed by atoms with Crippen LogP contribution in [0.3, 0.4) is 0 Å². The molecule has 0 aliphatic carbocycles. The average Bonchev–Trinajstić information content (AvgIpc) is 2.84. The summed E-state index contributed by atoms with van der Waals surface area (Å²) in [5.41, 5.74) is 0. The Morgan fingerprint density at radius 1 is 0.629 bits per heavy atom. The van der Waals surface area contributed by atoms with E-state index in [9.17, 15) is 9.90 Å². The Hall–Kier alpha value is -0.830. The van der Waals surface area contributed by atoms with E-state index >= 15 is 0 Å². The van der Waals surface area contributed by atoms with E-state index in [1.807, 2.05) is 6.92 Å². The first-order valence-electron chi connectivity index (χ1n) is 15.7. The Morgan fingerprint density at radius 3 is 1.69 bits per heavy atom. The fraction of sp³-hybridized carbons (Fsp3) is 0.906. The van der Waals surface area contributed by atoms with Crippen LogP contribution in [0, 0.1) is 0 Å². The zero-order valence-electron chi connectivity index (χ0n) is 24.0. The van der Waals surface area contributed by atoms with Crippen molar-refractivity contribution >= 4 is 5.97 Å². The van der Waals surface area contributed by atoms with Crippen molar-refractivity contribution in [2.75, 3.05) is 0 Å². The predicted octanol–water partition coefficient (Wildman–Crippen LogP) is 10.2. The number of hydrogen-bond donors (Lipinski definition) is 1. The normalized spacial score (nSPS) is 13.4. The lowest BCUT2D eigenvalue weighted by molar-refractivity contribution is -0.149. The third kappa shape index (κ3) is 26.1. The summed E-state index contributed by atoms with van der Waals surface area (Å²) in [7, 11) is 0. The molecule has 1 unspecified atom stereocenters. The monoisotopic (exact) mass is 494 g/mol. The van der Waals surface area contributed by atoms with Gasteiger partial charge in [-0.25, -0.2) is 0 Å². The lowest BCUT2D eigenvalue weighted by Crippen LogP contribution is -2.17. The second-order valence-corrected chi connectivity index (χ2v) is 10.7. The Balaban J connectivity index is 3.67. The molecule has 0 aromatic carbocycles. The fourth-order valence-electron chi connectivity index (χ4n) is 4.67. The van der Waals surface area contributed by atoms with Crippen molar-refractivity contribution in [1.29, 1.82) is 0 Å². The number of allylic oxidation sites excluding steroid dienone is 1. The molecule has 3 heteroatoms. The number of esters is 1. The molecule has 1 N–H and O–H groups in total. The van der Waals surface area contributed by atoms with Crippen LogP contribution < -0.4 is 0 Å². The first-order valence-corrected chi connectivity index (χ1v) is 15.7. The van der Waals surface area contributed by atoms with Gasteiger partial charge in [0.2, 0.25) is 0 Å². The number of aliphatic hydroxyl groups excluding tert-OH is 1. The average molecular weight is 495 g/mol. The standard InChI is InChI=1S/C32H62O3/c1-4-7-9-11-12-15-18-21-26-30(33)27-22-19-16-13-14-17-20-24-29-31(28-23-10-8-5-2)35-32(34)25-6-3/h20,24,30-31,33H,4-19,21-23,25-29H2,1-3H3/t30?,31-/m1/s1. The second kappa shape index (κ2) is 27.8. The van der Waals surface area contributed by atoms with Gasteiger partial charge in [0.15, 0.2) is 0 Å². The Labute approximate surface area is 219 Å². The van der Waals surface area contributed by atoms with Crippen molar-refractivity contribution in [3.63, 3.8) is 0 Å². The number of rotatable bonds is 27. The summed E-state index contributed by atoms with van der Waals surface area (Å²) in [4.78, 5) is 11.9. The smallest absolute Gasteiger partial charge is 0.306 e. The number of unbranched alkanes of at least 4 members (excludes halogenated alkanes) is 15. The van der Waals surface area contributed by atoms with Crippen molar-refractivity contribution in [3.05, 3.63) is 12.2 Å². The molecule has 0 bridgehead atoms. The summed E-state index contributed by atoms with van der Waals surface area (Å²) in [5, 5.41) is 10.2. The van der Waals surface area contributed by atoms with E-state index in [2.05, 4.69) is 26.0 Å². The van der Waals surface area contributed by atoms with E-state index in [1.165, 1.54) is 96.3 Å². The van der Waals surface area contributed by atoms with Crippen molar-refractivity contribution in [1.82, 2.24) is 0 Å². The molecule has 0 saturated heterocycles. The molecule has 0 aromatic rings. The van der Waals surface area contributed by atoms with E-state index in [1.54, 1.807) is 0 Å². The highest BCUT2D eigenvalue weighted by atomic mass is 16.5. The van der Waals surface area contributed by atoms with Crippen LogP contribution in [0.5, 0.6) is 0 Å². The zero-order valence-corrected chi connectivity index (χ0v) is 24.0. The number of aliphatic hydroxyl groups is 1. The molecule has 0 spiro atoms. The van der Waals surface area contributed by atoms with Gasteiger partial charge >= 0.3 is 5.97 Å². The summed E-state index contributed by atoms with van der Waals surface area (Å²) in [5.74, 6) is -0.0377. The van der Waals surface area contributed by atoms with Crippen LogP contribution in [0.4, 0.5) is 0 Å². The van der Waals surface area contributed by atoms with Crippen LogP contribution in [-0.2, 0) is 9.53 Å². The third-order valence-electron chi connectivity index (χ3n) is 7.00. The molecular formula is C32H62O3. The first kappa shape index (κ1) is 34.2. The number of hydrogen-bond acceptors (Lipinski definition) is 3. The topological polar surface area (TPSA) is 46.5 Å². The molecule has 0 aromatic heterocycles. The van der Waals surface area contributed by atoms with Crippen LogP contribution in [0.2, 0.25) is 0 Å². The van der Waals surface area contributed by atoms with Crippen molar-refractivity contribution in [3.8, 4) is 0 Å². The Kier molecular flexibility index (Phi) is 27.1. The van der Waals surface area contributed by atoms with Crippen molar-refractivity contribution in [2.45, 2.75) is 187 Å². The van der Waals surface area contributed by atoms with E-state index in [-0.39, 0.29) is 18.2 Å². The van der Waals surface area contributed by atoms with Gasteiger partial charge in [-0.2, -0.15) is 0 Å². The molecule has 0 heterocycles. The SMILES string of the molecule is CCCCCCCCCCC(O)CCCCCCCC=CC[C@@H](CCCCCC)OC(=O)CCC. The fourth-order valence-corrected chi connectivity index (χ4v) is 4.67. The quantitative estimate of drug-likeness (QED) is 0.0701. The predicted molar refractivity (Wildman–Crippen MR) is 153 cm³/mol. The van der Waals surface area contributed by atoms with E-state index in [0.717, 1.165) is 51.4 Å². The molecule has 0 radical (unpaired) electrons.